The van der Waals surface area contributed by atoms with Crippen LogP contribution >= 0.6 is 0 Å². The molecule has 0 aliphatic heterocycles. The van der Waals surface area contributed by atoms with E-state index in [0.717, 1.165) is 39.1 Å². The molecule has 1 N–H and O–H groups in total. The Morgan fingerprint density at radius 1 is 0.605 bits per heavy atom. The second-order valence-corrected chi connectivity index (χ2v) is 11.3. The van der Waals surface area contributed by atoms with Crippen LogP contribution in [0.4, 0.5) is 0 Å². The van der Waals surface area contributed by atoms with Crippen molar-refractivity contribution in [1.29, 1.82) is 0 Å². The summed E-state index contributed by atoms with van der Waals surface area (Å²) in [6, 6.07) is 47.3. The molecule has 208 valence electrons. The van der Waals surface area contributed by atoms with E-state index in [1.54, 1.807) is 6.07 Å². The number of aromatic hydroxyl groups is 1. The Hall–Kier alpha value is -5.48. The average Bonchev–Trinajstić information content (AvgIpc) is 3.45. The lowest BCUT2D eigenvalue weighted by Gasteiger charge is -2.27. The second-order valence-electron chi connectivity index (χ2n) is 11.3. The van der Waals surface area contributed by atoms with Crippen molar-refractivity contribution in [3.05, 3.63) is 157 Å². The van der Waals surface area contributed by atoms with E-state index in [0.29, 0.717) is 11.4 Å². The van der Waals surface area contributed by atoms with E-state index < -0.39 is 0 Å². The topological polar surface area (TPSA) is 50.9 Å². The van der Waals surface area contributed by atoms with Crippen molar-refractivity contribution in [2.24, 2.45) is 0 Å². The van der Waals surface area contributed by atoms with Crippen LogP contribution in [0.1, 0.15) is 25.0 Å². The molecule has 0 radical (unpaired) electrons. The zero-order valence-electron chi connectivity index (χ0n) is 24.1. The van der Waals surface area contributed by atoms with E-state index in [1.165, 1.54) is 11.1 Å². The summed E-state index contributed by atoms with van der Waals surface area (Å²) in [5, 5.41) is 10.9. The van der Waals surface area contributed by atoms with E-state index in [2.05, 4.69) is 103 Å². The Labute approximate surface area is 251 Å². The fourth-order valence-corrected chi connectivity index (χ4v) is 5.86. The highest BCUT2D eigenvalue weighted by Gasteiger charge is 2.26. The average molecular weight is 558 g/mol. The molecule has 5 aromatic carbocycles. The van der Waals surface area contributed by atoms with Crippen molar-refractivity contribution in [3.63, 3.8) is 0 Å². The highest BCUT2D eigenvalue weighted by Crippen LogP contribution is 2.40. The normalized spacial score (nSPS) is 11.6. The number of hydrogen-bond acceptors (Lipinski definition) is 3. The number of fused-ring (bicyclic) bond motifs is 1. The van der Waals surface area contributed by atoms with Gasteiger partial charge in [0.1, 0.15) is 11.6 Å². The fraction of sp³-hybridized carbons (Fsp3) is 0.0769. The molecule has 0 amide bonds. The zero-order chi connectivity index (χ0) is 29.4. The molecule has 43 heavy (non-hydrogen) atoms. The van der Waals surface area contributed by atoms with E-state index in [-0.39, 0.29) is 11.2 Å². The molecule has 7 rings (SSSR count). The number of phenols is 1. The number of hydrogen-bond donors (Lipinski definition) is 1. The van der Waals surface area contributed by atoms with Crippen molar-refractivity contribution in [2.75, 3.05) is 0 Å². The van der Waals surface area contributed by atoms with Gasteiger partial charge in [-0.25, -0.2) is 4.98 Å². The van der Waals surface area contributed by atoms with Crippen LogP contribution < -0.4 is 0 Å². The van der Waals surface area contributed by atoms with Crippen LogP contribution in [0.2, 0.25) is 0 Å². The van der Waals surface area contributed by atoms with E-state index in [4.69, 9.17) is 9.97 Å². The maximum atomic E-state index is 10.9. The Morgan fingerprint density at radius 2 is 1.28 bits per heavy atom. The third kappa shape index (κ3) is 4.77. The minimum absolute atomic E-state index is 0.195. The van der Waals surface area contributed by atoms with Crippen molar-refractivity contribution in [3.8, 4) is 45.2 Å². The van der Waals surface area contributed by atoms with Gasteiger partial charge in [-0.05, 0) is 71.3 Å². The smallest absolute Gasteiger partial charge is 0.149 e. The lowest BCUT2D eigenvalue weighted by atomic mass is 9.76. The standard InChI is InChI=1S/C39H31N3O/c1-39(2,29-14-5-3-6-15-29)30-25-27(24-28(26-30)34-20-11-12-23-40-34)32-19-13-21-35-37(32)41-38(33-18-9-10-22-36(33)43)42(35)31-16-7-4-8-17-31/h3-26,43H,1-2H3. The second kappa shape index (κ2) is 10.7. The predicted octanol–water partition coefficient (Wildman–Crippen LogP) is 9.45. The first-order valence-electron chi connectivity index (χ1n) is 14.5. The molecular formula is C39H31N3O. The first kappa shape index (κ1) is 26.4. The van der Waals surface area contributed by atoms with Gasteiger partial charge in [0.2, 0.25) is 0 Å². The van der Waals surface area contributed by atoms with Crippen LogP contribution in [0.15, 0.2) is 146 Å². The van der Waals surface area contributed by atoms with Gasteiger partial charge in [0.15, 0.2) is 0 Å². The summed E-state index contributed by atoms with van der Waals surface area (Å²) in [6.07, 6.45) is 1.84. The molecule has 0 unspecified atom stereocenters. The molecule has 0 aliphatic carbocycles. The first-order valence-corrected chi connectivity index (χ1v) is 14.5. The SMILES string of the molecule is CC(C)(c1ccccc1)c1cc(-c2ccccn2)cc(-c2cccc3c2nc(-c2ccccc2O)n3-c2ccccc2)c1. The van der Waals surface area contributed by atoms with Crippen molar-refractivity contribution >= 4 is 11.0 Å². The van der Waals surface area contributed by atoms with E-state index in [1.807, 2.05) is 54.7 Å². The van der Waals surface area contributed by atoms with E-state index >= 15 is 0 Å². The monoisotopic (exact) mass is 557 g/mol. The summed E-state index contributed by atoms with van der Waals surface area (Å²) >= 11 is 0. The van der Waals surface area contributed by atoms with Gasteiger partial charge in [-0.1, -0.05) is 98.8 Å². The number of para-hydroxylation sites is 3. The molecule has 0 fully saturated rings. The van der Waals surface area contributed by atoms with Crippen LogP contribution in [0, 0.1) is 0 Å². The molecule has 2 heterocycles. The largest absolute Gasteiger partial charge is 0.507 e. The quantitative estimate of drug-likeness (QED) is 0.222. The van der Waals surface area contributed by atoms with Crippen molar-refractivity contribution in [1.82, 2.24) is 14.5 Å². The third-order valence-corrected chi connectivity index (χ3v) is 8.27. The number of rotatable bonds is 6. The number of nitrogens with zero attached hydrogens (tertiary/aromatic N) is 3. The van der Waals surface area contributed by atoms with Crippen LogP contribution in [-0.2, 0) is 5.41 Å². The molecule has 0 saturated heterocycles. The minimum atomic E-state index is -0.251. The van der Waals surface area contributed by atoms with Gasteiger partial charge < -0.3 is 5.11 Å². The third-order valence-electron chi connectivity index (χ3n) is 8.27. The zero-order valence-corrected chi connectivity index (χ0v) is 24.1. The predicted molar refractivity (Wildman–Crippen MR) is 175 cm³/mol. The Morgan fingerprint density at radius 3 is 2.02 bits per heavy atom. The minimum Gasteiger partial charge on any atom is -0.507 e. The van der Waals surface area contributed by atoms with Gasteiger partial charge in [-0.2, -0.15) is 0 Å². The molecule has 0 atom stereocenters. The van der Waals surface area contributed by atoms with Crippen LogP contribution in [0.5, 0.6) is 5.75 Å². The number of imidazole rings is 1. The molecule has 7 aromatic rings. The first-order chi connectivity index (χ1) is 21.0. The summed E-state index contributed by atoms with van der Waals surface area (Å²) in [4.78, 5) is 9.94. The van der Waals surface area contributed by atoms with Crippen molar-refractivity contribution < 1.29 is 5.11 Å². The summed E-state index contributed by atoms with van der Waals surface area (Å²) < 4.78 is 2.13. The van der Waals surface area contributed by atoms with Gasteiger partial charge in [0.25, 0.3) is 0 Å². The molecule has 0 saturated carbocycles. The lowest BCUT2D eigenvalue weighted by Crippen LogP contribution is -2.19. The van der Waals surface area contributed by atoms with Gasteiger partial charge in [0.05, 0.1) is 22.3 Å². The summed E-state index contributed by atoms with van der Waals surface area (Å²) in [6.45, 7) is 4.54. The Bertz CT molecular complexity index is 2050. The number of aromatic nitrogens is 3. The van der Waals surface area contributed by atoms with Crippen molar-refractivity contribution in [2.45, 2.75) is 19.3 Å². The highest BCUT2D eigenvalue weighted by atomic mass is 16.3. The molecule has 0 bridgehead atoms. The summed E-state index contributed by atoms with van der Waals surface area (Å²) in [5.74, 6) is 0.887. The molecule has 2 aromatic heterocycles. The summed E-state index contributed by atoms with van der Waals surface area (Å²) in [5.41, 5.74) is 9.74. The Kier molecular flexibility index (Phi) is 6.59. The number of phenolic OH excluding ortho intramolecular Hbond substituents is 1. The molecule has 4 nitrogen and oxygen atoms in total. The molecule has 4 heteroatoms. The van der Waals surface area contributed by atoms with Gasteiger partial charge >= 0.3 is 0 Å². The van der Waals surface area contributed by atoms with Gasteiger partial charge in [0, 0.05) is 28.4 Å². The maximum absolute atomic E-state index is 10.9. The van der Waals surface area contributed by atoms with Gasteiger partial charge in [-0.3, -0.25) is 9.55 Å². The molecule has 0 aliphatic rings. The molecule has 0 spiro atoms. The van der Waals surface area contributed by atoms with Crippen LogP contribution in [0.3, 0.4) is 0 Å². The number of pyridine rings is 1. The molecular weight excluding hydrogens is 526 g/mol. The van der Waals surface area contributed by atoms with Gasteiger partial charge in [-0.15, -0.1) is 0 Å². The fourth-order valence-electron chi connectivity index (χ4n) is 5.86. The maximum Gasteiger partial charge on any atom is 0.149 e. The number of benzene rings is 5. The lowest BCUT2D eigenvalue weighted by molar-refractivity contribution is 0.477. The summed E-state index contributed by atoms with van der Waals surface area (Å²) in [7, 11) is 0. The van der Waals surface area contributed by atoms with Crippen LogP contribution in [-0.4, -0.2) is 19.6 Å². The van der Waals surface area contributed by atoms with Crippen LogP contribution in [0.25, 0.3) is 50.5 Å². The van der Waals surface area contributed by atoms with E-state index in [9.17, 15) is 5.11 Å². The highest BCUT2D eigenvalue weighted by molar-refractivity contribution is 5.96. The Balaban J connectivity index is 1.51.